The van der Waals surface area contributed by atoms with Crippen molar-refractivity contribution >= 4 is 27.5 Å². The van der Waals surface area contributed by atoms with E-state index >= 15 is 0 Å². The zero-order valence-corrected chi connectivity index (χ0v) is 12.1. The van der Waals surface area contributed by atoms with Gasteiger partial charge in [0.2, 0.25) is 0 Å². The summed E-state index contributed by atoms with van der Waals surface area (Å²) < 4.78 is 5.77. The molecule has 2 aromatic rings. The van der Waals surface area contributed by atoms with Gasteiger partial charge in [-0.2, -0.15) is 0 Å². The normalized spacial score (nSPS) is 10.3. The quantitative estimate of drug-likeness (QED) is 0.766. The molecule has 1 aromatic carbocycles. The van der Waals surface area contributed by atoms with Crippen LogP contribution < -0.4 is 4.74 Å². The molecule has 0 spiro atoms. The van der Waals surface area contributed by atoms with Crippen molar-refractivity contribution in [3.63, 3.8) is 0 Å². The second-order valence-corrected chi connectivity index (χ2v) is 4.78. The van der Waals surface area contributed by atoms with Crippen LogP contribution in [0.2, 0.25) is 5.02 Å². The number of nitrogens with zero attached hydrogens (tertiary/aromatic N) is 1. The van der Waals surface area contributed by atoms with Crippen molar-refractivity contribution < 1.29 is 4.74 Å². The first-order valence-corrected chi connectivity index (χ1v) is 7.16. The molecule has 0 saturated heterocycles. The molecule has 0 bridgehead atoms. The van der Waals surface area contributed by atoms with Crippen LogP contribution >= 0.6 is 27.5 Å². The minimum Gasteiger partial charge on any atom is -0.493 e. The van der Waals surface area contributed by atoms with Crippen LogP contribution in [-0.4, -0.2) is 11.6 Å². The Morgan fingerprint density at radius 2 is 2.11 bits per heavy atom. The first-order valence-electron chi connectivity index (χ1n) is 5.66. The van der Waals surface area contributed by atoms with Crippen LogP contribution in [0, 0.1) is 0 Å². The van der Waals surface area contributed by atoms with Gasteiger partial charge in [0, 0.05) is 34.7 Å². The molecule has 0 aliphatic rings. The standard InChI is InChI=1S/C14H13BrClNO/c15-9-12-13(16)4-1-5-14(12)18-8-6-11-3-2-7-17-10-11/h1-5,7,10H,6,8-9H2. The maximum atomic E-state index is 6.11. The summed E-state index contributed by atoms with van der Waals surface area (Å²) in [5.41, 5.74) is 2.16. The summed E-state index contributed by atoms with van der Waals surface area (Å²) in [6.07, 6.45) is 4.46. The van der Waals surface area contributed by atoms with Gasteiger partial charge in [-0.25, -0.2) is 0 Å². The van der Waals surface area contributed by atoms with Gasteiger partial charge >= 0.3 is 0 Å². The van der Waals surface area contributed by atoms with Gasteiger partial charge in [-0.1, -0.05) is 39.7 Å². The molecule has 0 aliphatic carbocycles. The lowest BCUT2D eigenvalue weighted by Gasteiger charge is -2.11. The van der Waals surface area contributed by atoms with Crippen LogP contribution in [0.3, 0.4) is 0 Å². The van der Waals surface area contributed by atoms with Gasteiger partial charge in [-0.05, 0) is 23.8 Å². The fourth-order valence-electron chi connectivity index (χ4n) is 1.63. The Hall–Kier alpha value is -1.06. The van der Waals surface area contributed by atoms with Gasteiger partial charge in [0.25, 0.3) is 0 Å². The Morgan fingerprint density at radius 1 is 1.22 bits per heavy atom. The van der Waals surface area contributed by atoms with E-state index in [2.05, 4.69) is 20.9 Å². The van der Waals surface area contributed by atoms with Gasteiger partial charge in [-0.15, -0.1) is 0 Å². The van der Waals surface area contributed by atoms with Crippen molar-refractivity contribution in [3.8, 4) is 5.75 Å². The SMILES string of the molecule is Clc1cccc(OCCc2cccnc2)c1CBr. The lowest BCUT2D eigenvalue weighted by molar-refractivity contribution is 0.319. The highest BCUT2D eigenvalue weighted by Crippen LogP contribution is 2.28. The molecule has 4 heteroatoms. The molecule has 1 heterocycles. The van der Waals surface area contributed by atoms with Crippen molar-refractivity contribution in [3.05, 3.63) is 58.9 Å². The Bertz CT molecular complexity index is 504. The number of benzene rings is 1. The topological polar surface area (TPSA) is 22.1 Å². The van der Waals surface area contributed by atoms with E-state index in [0.29, 0.717) is 11.9 Å². The van der Waals surface area contributed by atoms with E-state index in [9.17, 15) is 0 Å². The zero-order valence-electron chi connectivity index (χ0n) is 9.77. The Labute approximate surface area is 120 Å². The highest BCUT2D eigenvalue weighted by molar-refractivity contribution is 9.08. The maximum absolute atomic E-state index is 6.11. The van der Waals surface area contributed by atoms with Gasteiger partial charge < -0.3 is 4.74 Å². The molecule has 2 rings (SSSR count). The molecule has 18 heavy (non-hydrogen) atoms. The lowest BCUT2D eigenvalue weighted by Crippen LogP contribution is -2.03. The van der Waals surface area contributed by atoms with Crippen LogP contribution in [0.15, 0.2) is 42.7 Å². The van der Waals surface area contributed by atoms with Gasteiger partial charge in [0.1, 0.15) is 5.75 Å². The summed E-state index contributed by atoms with van der Waals surface area (Å²) in [7, 11) is 0. The number of ether oxygens (including phenoxy) is 1. The molecule has 0 radical (unpaired) electrons. The van der Waals surface area contributed by atoms with E-state index < -0.39 is 0 Å². The van der Waals surface area contributed by atoms with Gasteiger partial charge in [0.15, 0.2) is 0 Å². The molecule has 1 aromatic heterocycles. The van der Waals surface area contributed by atoms with Gasteiger partial charge in [-0.3, -0.25) is 4.98 Å². The smallest absolute Gasteiger partial charge is 0.124 e. The number of pyridine rings is 1. The molecule has 0 atom stereocenters. The number of halogens is 2. The molecule has 0 amide bonds. The first kappa shape index (κ1) is 13.4. The van der Waals surface area contributed by atoms with Crippen LogP contribution in [0.25, 0.3) is 0 Å². The molecule has 2 nitrogen and oxygen atoms in total. The third-order valence-corrected chi connectivity index (χ3v) is 3.50. The monoisotopic (exact) mass is 325 g/mol. The fourth-order valence-corrected chi connectivity index (χ4v) is 2.60. The summed E-state index contributed by atoms with van der Waals surface area (Å²) >= 11 is 9.53. The zero-order chi connectivity index (χ0) is 12.8. The molecular weight excluding hydrogens is 314 g/mol. The first-order chi connectivity index (χ1) is 8.81. The third-order valence-electron chi connectivity index (χ3n) is 2.58. The Kier molecular flexibility index (Phi) is 5.02. The summed E-state index contributed by atoms with van der Waals surface area (Å²) in [6, 6.07) is 9.67. The highest BCUT2D eigenvalue weighted by Gasteiger charge is 2.06. The molecule has 0 aliphatic heterocycles. The highest BCUT2D eigenvalue weighted by atomic mass is 79.9. The fraction of sp³-hybridized carbons (Fsp3) is 0.214. The molecule has 0 fully saturated rings. The average Bonchev–Trinajstić information content (AvgIpc) is 2.40. The second-order valence-electron chi connectivity index (χ2n) is 3.81. The predicted molar refractivity (Wildman–Crippen MR) is 77.5 cm³/mol. The number of aromatic nitrogens is 1. The molecule has 0 N–H and O–H groups in total. The van der Waals surface area contributed by atoms with Crippen LogP contribution in [0.5, 0.6) is 5.75 Å². The largest absolute Gasteiger partial charge is 0.493 e. The summed E-state index contributed by atoms with van der Waals surface area (Å²) in [6.45, 7) is 0.617. The molecule has 94 valence electrons. The van der Waals surface area contributed by atoms with Crippen molar-refractivity contribution in [1.29, 1.82) is 0 Å². The minimum atomic E-state index is 0.617. The maximum Gasteiger partial charge on any atom is 0.124 e. The second kappa shape index (κ2) is 6.76. The minimum absolute atomic E-state index is 0.617. The van der Waals surface area contributed by atoms with Crippen molar-refractivity contribution in [1.82, 2.24) is 4.98 Å². The number of hydrogen-bond donors (Lipinski definition) is 0. The van der Waals surface area contributed by atoms with Crippen molar-refractivity contribution in [2.45, 2.75) is 11.8 Å². The van der Waals surface area contributed by atoms with E-state index in [1.165, 1.54) is 5.56 Å². The summed E-state index contributed by atoms with van der Waals surface area (Å²) in [5, 5.41) is 1.42. The third kappa shape index (κ3) is 3.47. The molecule has 0 unspecified atom stereocenters. The number of hydrogen-bond acceptors (Lipinski definition) is 2. The van der Waals surface area contributed by atoms with E-state index in [1.54, 1.807) is 6.20 Å². The van der Waals surface area contributed by atoms with Crippen LogP contribution in [0.1, 0.15) is 11.1 Å². The lowest BCUT2D eigenvalue weighted by atomic mass is 10.2. The summed E-state index contributed by atoms with van der Waals surface area (Å²) in [4.78, 5) is 4.07. The van der Waals surface area contributed by atoms with Crippen LogP contribution in [-0.2, 0) is 11.8 Å². The number of alkyl halides is 1. The Balaban J connectivity index is 1.96. The average molecular weight is 327 g/mol. The van der Waals surface area contributed by atoms with E-state index in [-0.39, 0.29) is 0 Å². The van der Waals surface area contributed by atoms with Crippen molar-refractivity contribution in [2.24, 2.45) is 0 Å². The van der Waals surface area contributed by atoms with Crippen molar-refractivity contribution in [2.75, 3.05) is 6.61 Å². The Morgan fingerprint density at radius 3 is 2.83 bits per heavy atom. The number of rotatable bonds is 5. The van der Waals surface area contributed by atoms with E-state index in [1.807, 2.05) is 36.5 Å². The van der Waals surface area contributed by atoms with Gasteiger partial charge in [0.05, 0.1) is 6.61 Å². The van der Waals surface area contributed by atoms with E-state index in [0.717, 1.165) is 22.8 Å². The predicted octanol–water partition coefficient (Wildman–Crippen LogP) is 4.25. The van der Waals surface area contributed by atoms with Crippen LogP contribution in [0.4, 0.5) is 0 Å². The summed E-state index contributed by atoms with van der Waals surface area (Å²) in [5.74, 6) is 0.836. The molecule has 0 saturated carbocycles. The van der Waals surface area contributed by atoms with E-state index in [4.69, 9.17) is 16.3 Å². The molecular formula is C14H13BrClNO.